The van der Waals surface area contributed by atoms with Gasteiger partial charge in [-0.3, -0.25) is 4.90 Å². The van der Waals surface area contributed by atoms with Crippen molar-refractivity contribution in [1.29, 1.82) is 5.26 Å². The van der Waals surface area contributed by atoms with Gasteiger partial charge in [-0.25, -0.2) is 0 Å². The Hall–Kier alpha value is -0.590. The Labute approximate surface area is 93.7 Å². The van der Waals surface area contributed by atoms with E-state index in [-0.39, 0.29) is 11.5 Å². The summed E-state index contributed by atoms with van der Waals surface area (Å²) < 4.78 is 0. The van der Waals surface area contributed by atoms with E-state index in [1.54, 1.807) is 0 Å². The Morgan fingerprint density at radius 1 is 1.47 bits per heavy atom. The highest BCUT2D eigenvalue weighted by atomic mass is 15.2. The Kier molecular flexibility index (Phi) is 4.12. The number of nitriles is 1. The van der Waals surface area contributed by atoms with Crippen LogP contribution in [0, 0.1) is 17.2 Å². The Balaban J connectivity index is 2.59. The van der Waals surface area contributed by atoms with Crippen LogP contribution in [-0.4, -0.2) is 49.1 Å². The molecule has 0 aromatic carbocycles. The van der Waals surface area contributed by atoms with Crippen LogP contribution in [-0.2, 0) is 0 Å². The first-order valence-electron chi connectivity index (χ1n) is 5.78. The van der Waals surface area contributed by atoms with Crippen molar-refractivity contribution < 1.29 is 0 Å². The molecule has 0 aliphatic carbocycles. The lowest BCUT2D eigenvalue weighted by Crippen LogP contribution is -2.54. The molecule has 1 saturated heterocycles. The highest BCUT2D eigenvalue weighted by Gasteiger charge is 2.38. The highest BCUT2D eigenvalue weighted by Crippen LogP contribution is 2.32. The quantitative estimate of drug-likeness (QED) is 0.706. The molecule has 0 N–H and O–H groups in total. The zero-order valence-corrected chi connectivity index (χ0v) is 10.5. The molecule has 1 unspecified atom stereocenters. The van der Waals surface area contributed by atoms with Gasteiger partial charge in [0, 0.05) is 18.6 Å². The third kappa shape index (κ3) is 2.93. The van der Waals surface area contributed by atoms with Crippen molar-refractivity contribution in [2.45, 2.75) is 32.2 Å². The van der Waals surface area contributed by atoms with Crippen molar-refractivity contribution in [3.8, 4) is 6.07 Å². The van der Waals surface area contributed by atoms with Gasteiger partial charge in [0.2, 0.25) is 0 Å². The summed E-state index contributed by atoms with van der Waals surface area (Å²) in [6.45, 7) is 7.68. The number of rotatable bonds is 3. The smallest absolute Gasteiger partial charge is 0.0675 e. The summed E-state index contributed by atoms with van der Waals surface area (Å²) in [7, 11) is 4.19. The molecule has 0 bridgehead atoms. The Morgan fingerprint density at radius 2 is 2.13 bits per heavy atom. The molecule has 0 spiro atoms. The first-order valence-corrected chi connectivity index (χ1v) is 5.78. The van der Waals surface area contributed by atoms with Gasteiger partial charge < -0.3 is 4.90 Å². The van der Waals surface area contributed by atoms with Gasteiger partial charge in [-0.05, 0) is 47.3 Å². The fourth-order valence-corrected chi connectivity index (χ4v) is 2.29. The molecule has 1 rings (SSSR count). The third-order valence-corrected chi connectivity index (χ3v) is 3.56. The van der Waals surface area contributed by atoms with Gasteiger partial charge in [0.1, 0.15) is 0 Å². The van der Waals surface area contributed by atoms with Crippen LogP contribution >= 0.6 is 0 Å². The first kappa shape index (κ1) is 12.5. The Bertz CT molecular complexity index is 240. The number of likely N-dealkylation sites (tertiary alicyclic amines) is 1. The van der Waals surface area contributed by atoms with E-state index < -0.39 is 0 Å². The van der Waals surface area contributed by atoms with Crippen LogP contribution in [0.1, 0.15) is 26.7 Å². The zero-order valence-electron chi connectivity index (χ0n) is 10.5. The zero-order chi connectivity index (χ0) is 11.5. The fraction of sp³-hybridized carbons (Fsp3) is 0.917. The molecule has 0 aromatic heterocycles. The van der Waals surface area contributed by atoms with E-state index in [2.05, 4.69) is 43.8 Å². The Morgan fingerprint density at radius 3 is 2.67 bits per heavy atom. The molecular weight excluding hydrogens is 186 g/mol. The molecule has 3 nitrogen and oxygen atoms in total. The molecular formula is C12H23N3. The molecule has 1 aliphatic heterocycles. The molecule has 0 radical (unpaired) electrons. The second-order valence-corrected chi connectivity index (χ2v) is 5.27. The number of piperidine rings is 1. The van der Waals surface area contributed by atoms with E-state index in [9.17, 15) is 0 Å². The lowest BCUT2D eigenvalue weighted by Gasteiger charge is -2.45. The first-order chi connectivity index (χ1) is 6.98. The van der Waals surface area contributed by atoms with Gasteiger partial charge in [0.25, 0.3) is 0 Å². The number of hydrogen-bond acceptors (Lipinski definition) is 3. The molecule has 0 aromatic rings. The van der Waals surface area contributed by atoms with Gasteiger partial charge in [-0.15, -0.1) is 0 Å². The van der Waals surface area contributed by atoms with E-state index in [1.807, 2.05) is 0 Å². The summed E-state index contributed by atoms with van der Waals surface area (Å²) in [5, 5.41) is 9.13. The lowest BCUT2D eigenvalue weighted by molar-refractivity contribution is 0.0403. The summed E-state index contributed by atoms with van der Waals surface area (Å²) in [5.74, 6) is 0.188. The average molecular weight is 209 g/mol. The standard InChI is InChI=1S/C12H23N3/c1-12(2)11(10-13)6-5-7-15(12)9-8-14(3)4/h11H,5-9H2,1-4H3. The minimum absolute atomic E-state index is 0.0447. The molecule has 15 heavy (non-hydrogen) atoms. The second kappa shape index (κ2) is 4.96. The van der Waals surface area contributed by atoms with E-state index in [0.717, 1.165) is 32.5 Å². The molecule has 3 heteroatoms. The minimum atomic E-state index is 0.0447. The maximum absolute atomic E-state index is 9.13. The van der Waals surface area contributed by atoms with Crippen molar-refractivity contribution in [3.63, 3.8) is 0 Å². The minimum Gasteiger partial charge on any atom is -0.308 e. The van der Waals surface area contributed by atoms with Crippen LogP contribution in [0.5, 0.6) is 0 Å². The number of likely N-dealkylation sites (N-methyl/N-ethyl adjacent to an activating group) is 1. The predicted octanol–water partition coefficient (Wildman–Crippen LogP) is 1.56. The van der Waals surface area contributed by atoms with Gasteiger partial charge in [-0.2, -0.15) is 5.26 Å². The second-order valence-electron chi connectivity index (χ2n) is 5.27. The summed E-state index contributed by atoms with van der Waals surface area (Å²) in [6, 6.07) is 2.46. The molecule has 1 aliphatic rings. The SMILES string of the molecule is CN(C)CCN1CCCC(C#N)C1(C)C. The van der Waals surface area contributed by atoms with Crippen LogP contribution < -0.4 is 0 Å². The van der Waals surface area contributed by atoms with Crippen molar-refractivity contribution in [1.82, 2.24) is 9.80 Å². The summed E-state index contributed by atoms with van der Waals surface area (Å²) in [4.78, 5) is 4.66. The van der Waals surface area contributed by atoms with Crippen LogP contribution in [0.3, 0.4) is 0 Å². The normalized spacial score (nSPS) is 26.5. The number of hydrogen-bond donors (Lipinski definition) is 0. The van der Waals surface area contributed by atoms with Crippen molar-refractivity contribution in [3.05, 3.63) is 0 Å². The summed E-state index contributed by atoms with van der Waals surface area (Å²) in [5.41, 5.74) is 0.0447. The molecule has 1 atom stereocenters. The lowest BCUT2D eigenvalue weighted by atomic mass is 9.80. The highest BCUT2D eigenvalue weighted by molar-refractivity contribution is 5.02. The molecule has 0 saturated carbocycles. The predicted molar refractivity (Wildman–Crippen MR) is 62.5 cm³/mol. The van der Waals surface area contributed by atoms with Crippen LogP contribution in [0.25, 0.3) is 0 Å². The van der Waals surface area contributed by atoms with E-state index >= 15 is 0 Å². The number of nitrogens with zero attached hydrogens (tertiary/aromatic N) is 3. The van der Waals surface area contributed by atoms with Crippen LogP contribution in [0.2, 0.25) is 0 Å². The van der Waals surface area contributed by atoms with Crippen LogP contribution in [0.15, 0.2) is 0 Å². The third-order valence-electron chi connectivity index (χ3n) is 3.56. The van der Waals surface area contributed by atoms with Gasteiger partial charge in [0.15, 0.2) is 0 Å². The van der Waals surface area contributed by atoms with Gasteiger partial charge >= 0.3 is 0 Å². The van der Waals surface area contributed by atoms with Crippen molar-refractivity contribution >= 4 is 0 Å². The topological polar surface area (TPSA) is 30.3 Å². The van der Waals surface area contributed by atoms with E-state index in [0.29, 0.717) is 0 Å². The summed E-state index contributed by atoms with van der Waals surface area (Å²) in [6.07, 6.45) is 2.22. The van der Waals surface area contributed by atoms with Crippen LogP contribution in [0.4, 0.5) is 0 Å². The largest absolute Gasteiger partial charge is 0.308 e. The fourth-order valence-electron chi connectivity index (χ4n) is 2.29. The van der Waals surface area contributed by atoms with Crippen molar-refractivity contribution in [2.75, 3.05) is 33.7 Å². The summed E-state index contributed by atoms with van der Waals surface area (Å²) >= 11 is 0. The van der Waals surface area contributed by atoms with Gasteiger partial charge in [-0.1, -0.05) is 0 Å². The van der Waals surface area contributed by atoms with Gasteiger partial charge in [0.05, 0.1) is 12.0 Å². The average Bonchev–Trinajstić information content (AvgIpc) is 2.15. The maximum Gasteiger partial charge on any atom is 0.0675 e. The van der Waals surface area contributed by atoms with Crippen molar-refractivity contribution in [2.24, 2.45) is 5.92 Å². The van der Waals surface area contributed by atoms with E-state index in [4.69, 9.17) is 5.26 Å². The monoisotopic (exact) mass is 209 g/mol. The molecule has 86 valence electrons. The maximum atomic E-state index is 9.13. The molecule has 1 heterocycles. The molecule has 0 amide bonds. The van der Waals surface area contributed by atoms with E-state index in [1.165, 1.54) is 0 Å². The molecule has 1 fully saturated rings.